The lowest BCUT2D eigenvalue weighted by molar-refractivity contribution is 0.0960. The van der Waals surface area contributed by atoms with Gasteiger partial charge in [-0.05, 0) is 51.3 Å². The van der Waals surface area contributed by atoms with Crippen LogP contribution in [-0.4, -0.2) is 29.6 Å². The van der Waals surface area contributed by atoms with Gasteiger partial charge in [0.15, 0.2) is 0 Å². The van der Waals surface area contributed by atoms with Crippen molar-refractivity contribution in [2.24, 2.45) is 0 Å². The van der Waals surface area contributed by atoms with Crippen LogP contribution in [0.5, 0.6) is 0 Å². The van der Waals surface area contributed by atoms with Crippen LogP contribution in [0.15, 0.2) is 18.2 Å². The molecule has 0 saturated carbocycles. The molecule has 0 aliphatic carbocycles. The van der Waals surface area contributed by atoms with E-state index in [1.165, 1.54) is 6.07 Å². The first kappa shape index (κ1) is 15.9. The Hall–Kier alpha value is -1.44. The SMILES string of the molecule is CC(C)(C)N1CCC(NCc2ccc(F)c(C#N)c2)CC1. The number of piperidine rings is 1. The molecular weight excluding hydrogens is 265 g/mol. The van der Waals surface area contributed by atoms with Crippen LogP contribution in [-0.2, 0) is 6.54 Å². The molecule has 0 amide bonds. The van der Waals surface area contributed by atoms with Crippen LogP contribution in [0, 0.1) is 17.1 Å². The summed E-state index contributed by atoms with van der Waals surface area (Å²) in [6.45, 7) is 9.66. The Morgan fingerprint density at radius 2 is 2.00 bits per heavy atom. The number of benzene rings is 1. The van der Waals surface area contributed by atoms with Crippen molar-refractivity contribution in [1.29, 1.82) is 5.26 Å². The average Bonchev–Trinajstić information content (AvgIpc) is 2.46. The van der Waals surface area contributed by atoms with Gasteiger partial charge in [-0.25, -0.2) is 4.39 Å². The van der Waals surface area contributed by atoms with Crippen LogP contribution in [0.4, 0.5) is 4.39 Å². The molecule has 114 valence electrons. The number of nitrogens with one attached hydrogen (secondary N) is 1. The number of hydrogen-bond donors (Lipinski definition) is 1. The number of likely N-dealkylation sites (tertiary alicyclic amines) is 1. The summed E-state index contributed by atoms with van der Waals surface area (Å²) in [6.07, 6.45) is 2.26. The van der Waals surface area contributed by atoms with Gasteiger partial charge in [0.25, 0.3) is 0 Å². The predicted octanol–water partition coefficient (Wildman–Crippen LogP) is 3.05. The Bertz CT molecular complexity index is 520. The molecule has 0 bridgehead atoms. The predicted molar refractivity (Wildman–Crippen MR) is 82.3 cm³/mol. The molecule has 3 nitrogen and oxygen atoms in total. The van der Waals surface area contributed by atoms with E-state index in [4.69, 9.17) is 5.26 Å². The van der Waals surface area contributed by atoms with Crippen molar-refractivity contribution < 1.29 is 4.39 Å². The summed E-state index contributed by atoms with van der Waals surface area (Å²) in [5.74, 6) is -0.445. The Labute approximate surface area is 126 Å². The lowest BCUT2D eigenvalue weighted by atomic mass is 9.98. The van der Waals surface area contributed by atoms with Gasteiger partial charge in [0, 0.05) is 31.2 Å². The second-order valence-corrected chi connectivity index (χ2v) is 6.74. The number of rotatable bonds is 3. The fourth-order valence-corrected chi connectivity index (χ4v) is 2.78. The van der Waals surface area contributed by atoms with E-state index in [0.717, 1.165) is 31.5 Å². The molecule has 1 aliphatic rings. The maximum Gasteiger partial charge on any atom is 0.140 e. The highest BCUT2D eigenvalue weighted by molar-refractivity contribution is 5.34. The minimum Gasteiger partial charge on any atom is -0.310 e. The quantitative estimate of drug-likeness (QED) is 0.929. The first-order valence-corrected chi connectivity index (χ1v) is 7.57. The number of halogens is 1. The number of hydrogen-bond acceptors (Lipinski definition) is 3. The third-order valence-corrected chi connectivity index (χ3v) is 4.19. The van der Waals surface area contributed by atoms with Crippen molar-refractivity contribution >= 4 is 0 Å². The van der Waals surface area contributed by atoms with E-state index in [-0.39, 0.29) is 11.1 Å². The summed E-state index contributed by atoms with van der Waals surface area (Å²) in [5, 5.41) is 12.4. The fraction of sp³-hybridized carbons (Fsp3) is 0.588. The summed E-state index contributed by atoms with van der Waals surface area (Å²) in [4.78, 5) is 2.51. The van der Waals surface area contributed by atoms with Crippen molar-refractivity contribution in [3.05, 3.63) is 35.1 Å². The molecule has 4 heteroatoms. The summed E-state index contributed by atoms with van der Waals surface area (Å²) in [7, 11) is 0. The van der Waals surface area contributed by atoms with Gasteiger partial charge in [-0.15, -0.1) is 0 Å². The monoisotopic (exact) mass is 289 g/mol. The molecule has 0 unspecified atom stereocenters. The van der Waals surface area contributed by atoms with Gasteiger partial charge >= 0.3 is 0 Å². The molecule has 0 aromatic heterocycles. The Morgan fingerprint density at radius 1 is 1.33 bits per heavy atom. The molecule has 1 fully saturated rings. The number of nitrogens with zero attached hydrogens (tertiary/aromatic N) is 2. The first-order chi connectivity index (χ1) is 9.90. The summed E-state index contributed by atoms with van der Waals surface area (Å²) >= 11 is 0. The normalized spacial score (nSPS) is 17.7. The Balaban J connectivity index is 1.84. The second kappa shape index (κ2) is 6.55. The number of nitriles is 1. The van der Waals surface area contributed by atoms with Crippen molar-refractivity contribution in [3.8, 4) is 6.07 Å². The van der Waals surface area contributed by atoms with Crippen molar-refractivity contribution in [2.45, 2.75) is 51.7 Å². The molecule has 1 aliphatic heterocycles. The van der Waals surface area contributed by atoms with E-state index in [0.29, 0.717) is 12.6 Å². The zero-order chi connectivity index (χ0) is 15.5. The van der Waals surface area contributed by atoms with Crippen LogP contribution in [0.2, 0.25) is 0 Å². The third-order valence-electron chi connectivity index (χ3n) is 4.19. The highest BCUT2D eigenvalue weighted by Gasteiger charge is 2.26. The molecule has 2 rings (SSSR count). The zero-order valence-corrected chi connectivity index (χ0v) is 13.1. The lowest BCUT2D eigenvalue weighted by Gasteiger charge is -2.41. The summed E-state index contributed by atoms with van der Waals surface area (Å²) in [6, 6.07) is 7.13. The van der Waals surface area contributed by atoms with E-state index >= 15 is 0 Å². The maximum absolute atomic E-state index is 13.3. The molecule has 1 aromatic carbocycles. The van der Waals surface area contributed by atoms with Gasteiger partial charge in [0.05, 0.1) is 5.56 Å². The lowest BCUT2D eigenvalue weighted by Crippen LogP contribution is -2.49. The highest BCUT2D eigenvalue weighted by Crippen LogP contribution is 2.20. The molecule has 0 atom stereocenters. The molecule has 1 N–H and O–H groups in total. The minimum atomic E-state index is -0.445. The van der Waals surface area contributed by atoms with Crippen LogP contribution in [0.3, 0.4) is 0 Å². The zero-order valence-electron chi connectivity index (χ0n) is 13.1. The molecule has 1 aromatic rings. The van der Waals surface area contributed by atoms with Gasteiger partial charge in [-0.2, -0.15) is 5.26 Å². The fourth-order valence-electron chi connectivity index (χ4n) is 2.78. The van der Waals surface area contributed by atoms with Crippen molar-refractivity contribution in [1.82, 2.24) is 10.2 Å². The van der Waals surface area contributed by atoms with Crippen LogP contribution >= 0.6 is 0 Å². The molecule has 0 spiro atoms. The maximum atomic E-state index is 13.3. The van der Waals surface area contributed by atoms with E-state index in [9.17, 15) is 4.39 Å². The van der Waals surface area contributed by atoms with Gasteiger partial charge in [0.1, 0.15) is 11.9 Å². The summed E-state index contributed by atoms with van der Waals surface area (Å²) in [5.41, 5.74) is 1.33. The smallest absolute Gasteiger partial charge is 0.140 e. The van der Waals surface area contributed by atoms with Gasteiger partial charge in [-0.1, -0.05) is 6.07 Å². The standard InChI is InChI=1S/C17H24FN3/c1-17(2,3)21-8-6-15(7-9-21)20-12-13-4-5-16(18)14(10-13)11-19/h4-5,10,15,20H,6-9,12H2,1-3H3. The van der Waals surface area contributed by atoms with E-state index in [2.05, 4.69) is 31.0 Å². The minimum absolute atomic E-state index is 0.122. The van der Waals surface area contributed by atoms with Gasteiger partial charge in [-0.3, -0.25) is 4.90 Å². The molecule has 21 heavy (non-hydrogen) atoms. The highest BCUT2D eigenvalue weighted by atomic mass is 19.1. The van der Waals surface area contributed by atoms with E-state index in [1.807, 2.05) is 6.07 Å². The largest absolute Gasteiger partial charge is 0.310 e. The van der Waals surface area contributed by atoms with Crippen molar-refractivity contribution in [2.75, 3.05) is 13.1 Å². The van der Waals surface area contributed by atoms with E-state index < -0.39 is 5.82 Å². The van der Waals surface area contributed by atoms with Crippen LogP contribution in [0.25, 0.3) is 0 Å². The second-order valence-electron chi connectivity index (χ2n) is 6.74. The molecular formula is C17H24FN3. The molecule has 1 saturated heterocycles. The Morgan fingerprint density at radius 3 is 2.57 bits per heavy atom. The summed E-state index contributed by atoms with van der Waals surface area (Å²) < 4.78 is 13.3. The molecule has 1 heterocycles. The van der Waals surface area contributed by atoms with Gasteiger partial charge in [0.2, 0.25) is 0 Å². The van der Waals surface area contributed by atoms with Crippen LogP contribution < -0.4 is 5.32 Å². The topological polar surface area (TPSA) is 39.1 Å². The van der Waals surface area contributed by atoms with Crippen LogP contribution in [0.1, 0.15) is 44.7 Å². The first-order valence-electron chi connectivity index (χ1n) is 7.57. The van der Waals surface area contributed by atoms with Crippen molar-refractivity contribution in [3.63, 3.8) is 0 Å². The molecule has 0 radical (unpaired) electrons. The van der Waals surface area contributed by atoms with E-state index in [1.54, 1.807) is 12.1 Å². The Kier molecular flexibility index (Phi) is 4.97. The van der Waals surface area contributed by atoms with Gasteiger partial charge < -0.3 is 5.32 Å². The third kappa shape index (κ3) is 4.26. The average molecular weight is 289 g/mol.